The van der Waals surface area contributed by atoms with E-state index in [1.165, 1.54) is 116 Å². The summed E-state index contributed by atoms with van der Waals surface area (Å²) in [6, 6.07) is 0.448. The molecule has 1 N–H and O–H groups in total. The third-order valence-corrected chi connectivity index (χ3v) is 6.43. The number of nitrogens with one attached hydrogen (secondary N) is 1. The molecule has 1 amide bonds. The highest BCUT2D eigenvalue weighted by Gasteiger charge is 2.21. The third-order valence-electron chi connectivity index (χ3n) is 6.43. The van der Waals surface area contributed by atoms with Crippen molar-refractivity contribution in [1.82, 2.24) is 5.32 Å². The van der Waals surface area contributed by atoms with Crippen molar-refractivity contribution in [2.24, 2.45) is 5.92 Å². The second-order valence-corrected chi connectivity index (χ2v) is 8.71. The van der Waals surface area contributed by atoms with Crippen LogP contribution in [0.25, 0.3) is 0 Å². The predicted octanol–water partition coefficient (Wildman–Crippen LogP) is 6.92. The number of hydrogen-bond acceptors (Lipinski definition) is 1. The monoisotopic (exact) mass is 349 g/mol. The summed E-state index contributed by atoms with van der Waals surface area (Å²) in [4.78, 5) is 12.9. The summed E-state index contributed by atoms with van der Waals surface area (Å²) in [6.07, 6.45) is 26.3. The van der Waals surface area contributed by atoms with Crippen LogP contribution in [0, 0.1) is 5.92 Å². The SMILES string of the molecule is O=C(NC1CCCCCCCCCC1)C1CCCCCCCCCC1. The fourth-order valence-electron chi connectivity index (χ4n) is 4.70. The summed E-state index contributed by atoms with van der Waals surface area (Å²) in [5, 5.41) is 3.49. The molecule has 2 aliphatic rings. The Labute approximate surface area is 156 Å². The molecular weight excluding hydrogens is 306 g/mol. The van der Waals surface area contributed by atoms with E-state index in [-0.39, 0.29) is 5.92 Å². The van der Waals surface area contributed by atoms with E-state index in [4.69, 9.17) is 0 Å². The minimum absolute atomic E-state index is 0.288. The molecule has 0 bridgehead atoms. The second-order valence-electron chi connectivity index (χ2n) is 8.71. The molecule has 0 unspecified atom stereocenters. The highest BCUT2D eigenvalue weighted by molar-refractivity contribution is 5.78. The molecule has 0 aromatic carbocycles. The van der Waals surface area contributed by atoms with Crippen LogP contribution in [0.4, 0.5) is 0 Å². The molecule has 0 heterocycles. The zero-order valence-corrected chi connectivity index (χ0v) is 16.7. The van der Waals surface area contributed by atoms with E-state index < -0.39 is 0 Å². The number of amides is 1. The molecule has 0 aromatic rings. The Morgan fingerprint density at radius 3 is 1.20 bits per heavy atom. The van der Waals surface area contributed by atoms with Gasteiger partial charge in [0.1, 0.15) is 0 Å². The van der Waals surface area contributed by atoms with Gasteiger partial charge in [0.25, 0.3) is 0 Å². The van der Waals surface area contributed by atoms with Crippen molar-refractivity contribution in [2.45, 2.75) is 134 Å². The lowest BCUT2D eigenvalue weighted by Crippen LogP contribution is -2.39. The molecule has 2 heteroatoms. The summed E-state index contributed by atoms with van der Waals surface area (Å²) >= 11 is 0. The lowest BCUT2D eigenvalue weighted by Gasteiger charge is -2.23. The van der Waals surface area contributed by atoms with E-state index in [1.807, 2.05) is 0 Å². The molecule has 2 saturated carbocycles. The molecule has 0 aliphatic heterocycles. The lowest BCUT2D eigenvalue weighted by atomic mass is 9.93. The largest absolute Gasteiger partial charge is 0.353 e. The highest BCUT2D eigenvalue weighted by Crippen LogP contribution is 2.23. The minimum Gasteiger partial charge on any atom is -0.353 e. The van der Waals surface area contributed by atoms with Crippen molar-refractivity contribution in [3.05, 3.63) is 0 Å². The molecule has 0 saturated heterocycles. The lowest BCUT2D eigenvalue weighted by molar-refractivity contribution is -0.126. The van der Waals surface area contributed by atoms with Crippen molar-refractivity contribution in [3.63, 3.8) is 0 Å². The van der Waals surface area contributed by atoms with Crippen LogP contribution in [-0.2, 0) is 4.79 Å². The van der Waals surface area contributed by atoms with Crippen LogP contribution in [-0.4, -0.2) is 11.9 Å². The third kappa shape index (κ3) is 9.66. The zero-order chi connectivity index (χ0) is 17.6. The average Bonchev–Trinajstić information content (AvgIpc) is 2.71. The number of rotatable bonds is 2. The van der Waals surface area contributed by atoms with Gasteiger partial charge in [0.15, 0.2) is 0 Å². The van der Waals surface area contributed by atoms with Crippen LogP contribution in [0.3, 0.4) is 0 Å². The second kappa shape index (κ2) is 13.6. The van der Waals surface area contributed by atoms with Crippen LogP contribution in [0.1, 0.15) is 128 Å². The van der Waals surface area contributed by atoms with Crippen LogP contribution in [0.2, 0.25) is 0 Å². The van der Waals surface area contributed by atoms with Gasteiger partial charge in [-0.05, 0) is 25.7 Å². The first kappa shape index (κ1) is 20.8. The Hall–Kier alpha value is -0.530. The van der Waals surface area contributed by atoms with E-state index in [2.05, 4.69) is 5.32 Å². The number of carbonyl (C=O) groups excluding carboxylic acids is 1. The Bertz CT molecular complexity index is 317. The van der Waals surface area contributed by atoms with Gasteiger partial charge in [-0.15, -0.1) is 0 Å². The van der Waals surface area contributed by atoms with Crippen molar-refractivity contribution in [2.75, 3.05) is 0 Å². The molecule has 2 fully saturated rings. The first-order chi connectivity index (χ1) is 12.4. The maximum atomic E-state index is 12.9. The zero-order valence-electron chi connectivity index (χ0n) is 16.7. The fraction of sp³-hybridized carbons (Fsp3) is 0.957. The van der Waals surface area contributed by atoms with Gasteiger partial charge in [-0.1, -0.05) is 103 Å². The highest BCUT2D eigenvalue weighted by atomic mass is 16.1. The molecule has 0 aromatic heterocycles. The smallest absolute Gasteiger partial charge is 0.223 e. The molecule has 0 atom stereocenters. The van der Waals surface area contributed by atoms with Crippen molar-refractivity contribution < 1.29 is 4.79 Å². The van der Waals surface area contributed by atoms with Crippen LogP contribution in [0.15, 0.2) is 0 Å². The molecule has 0 radical (unpaired) electrons. The van der Waals surface area contributed by atoms with Crippen LogP contribution in [0.5, 0.6) is 0 Å². The average molecular weight is 350 g/mol. The Morgan fingerprint density at radius 2 is 0.800 bits per heavy atom. The summed E-state index contributed by atoms with van der Waals surface area (Å²) in [5.41, 5.74) is 0. The summed E-state index contributed by atoms with van der Waals surface area (Å²) in [7, 11) is 0. The van der Waals surface area contributed by atoms with Crippen LogP contribution >= 0.6 is 0 Å². The Kier molecular flexibility index (Phi) is 11.3. The molecule has 2 aliphatic carbocycles. The van der Waals surface area contributed by atoms with Gasteiger partial charge in [-0.2, -0.15) is 0 Å². The summed E-state index contributed by atoms with van der Waals surface area (Å²) in [6.45, 7) is 0. The molecule has 2 rings (SSSR count). The summed E-state index contributed by atoms with van der Waals surface area (Å²) < 4.78 is 0. The molecular formula is C23H43NO. The van der Waals surface area contributed by atoms with Crippen molar-refractivity contribution >= 4 is 5.91 Å². The van der Waals surface area contributed by atoms with Gasteiger partial charge >= 0.3 is 0 Å². The first-order valence-corrected chi connectivity index (χ1v) is 11.7. The standard InChI is InChI=1S/C23H43NO/c25-23(21-17-13-9-5-1-2-6-10-14-18-21)24-22-19-15-11-7-3-4-8-12-16-20-22/h21-22H,1-20H2,(H,24,25). The maximum absolute atomic E-state index is 12.9. The van der Waals surface area contributed by atoms with Gasteiger partial charge in [0.05, 0.1) is 0 Å². The summed E-state index contributed by atoms with van der Waals surface area (Å²) in [5.74, 6) is 0.676. The topological polar surface area (TPSA) is 29.1 Å². The van der Waals surface area contributed by atoms with Gasteiger partial charge in [0.2, 0.25) is 5.91 Å². The maximum Gasteiger partial charge on any atom is 0.223 e. The van der Waals surface area contributed by atoms with Gasteiger partial charge < -0.3 is 5.32 Å². The Morgan fingerprint density at radius 1 is 0.480 bits per heavy atom. The first-order valence-electron chi connectivity index (χ1n) is 11.7. The quantitative estimate of drug-likeness (QED) is 0.576. The van der Waals surface area contributed by atoms with E-state index in [0.717, 1.165) is 12.8 Å². The van der Waals surface area contributed by atoms with E-state index in [1.54, 1.807) is 0 Å². The number of hydrogen-bond donors (Lipinski definition) is 1. The molecule has 0 spiro atoms. The van der Waals surface area contributed by atoms with Crippen molar-refractivity contribution in [1.29, 1.82) is 0 Å². The minimum atomic E-state index is 0.288. The van der Waals surface area contributed by atoms with Crippen LogP contribution < -0.4 is 5.32 Å². The van der Waals surface area contributed by atoms with Gasteiger partial charge in [-0.3, -0.25) is 4.79 Å². The molecule has 146 valence electrons. The van der Waals surface area contributed by atoms with Gasteiger partial charge in [-0.25, -0.2) is 0 Å². The van der Waals surface area contributed by atoms with E-state index in [9.17, 15) is 4.79 Å². The molecule has 2 nitrogen and oxygen atoms in total. The Balaban J connectivity index is 1.80. The molecule has 25 heavy (non-hydrogen) atoms. The normalized spacial score (nSPS) is 24.6. The predicted molar refractivity (Wildman–Crippen MR) is 108 cm³/mol. The number of carbonyl (C=O) groups is 1. The van der Waals surface area contributed by atoms with E-state index in [0.29, 0.717) is 11.9 Å². The fourth-order valence-corrected chi connectivity index (χ4v) is 4.70. The van der Waals surface area contributed by atoms with Gasteiger partial charge in [0, 0.05) is 12.0 Å². The van der Waals surface area contributed by atoms with E-state index >= 15 is 0 Å². The van der Waals surface area contributed by atoms with Crippen molar-refractivity contribution in [3.8, 4) is 0 Å².